The fourth-order valence-corrected chi connectivity index (χ4v) is 5.78. The third-order valence-electron chi connectivity index (χ3n) is 8.31. The number of unbranched alkanes of at least 4 members (excludes halogenated alkanes) is 21. The van der Waals surface area contributed by atoms with Gasteiger partial charge >= 0.3 is 5.97 Å². The lowest BCUT2D eigenvalue weighted by Gasteiger charge is -2.21. The predicted octanol–water partition coefficient (Wildman–Crippen LogP) is 12.3. The van der Waals surface area contributed by atoms with Gasteiger partial charge in [-0.3, -0.25) is 4.79 Å². The van der Waals surface area contributed by atoms with Gasteiger partial charge in [0.05, 0.1) is 5.92 Å². The van der Waals surface area contributed by atoms with E-state index in [1.54, 1.807) is 0 Å². The van der Waals surface area contributed by atoms with Gasteiger partial charge in [-0.25, -0.2) is 0 Å². The topological polar surface area (TPSA) is 37.3 Å². The van der Waals surface area contributed by atoms with Gasteiger partial charge in [-0.05, 0) is 18.8 Å². The van der Waals surface area contributed by atoms with Crippen LogP contribution in [0.4, 0.5) is 0 Å². The van der Waals surface area contributed by atoms with Crippen LogP contribution in [0.3, 0.4) is 0 Å². The van der Waals surface area contributed by atoms with Crippen LogP contribution in [0.15, 0.2) is 0 Å². The van der Waals surface area contributed by atoms with E-state index in [1.807, 2.05) is 0 Å². The van der Waals surface area contributed by atoms with Crippen LogP contribution >= 0.6 is 0 Å². The van der Waals surface area contributed by atoms with Crippen LogP contribution in [-0.2, 0) is 4.79 Å². The lowest BCUT2D eigenvalue weighted by atomic mass is 9.84. The first-order chi connectivity index (χ1) is 17.7. The van der Waals surface area contributed by atoms with E-state index in [-0.39, 0.29) is 5.92 Å². The number of carbonyl (C=O) groups is 1. The summed E-state index contributed by atoms with van der Waals surface area (Å²) in [6.07, 6.45) is 36.5. The summed E-state index contributed by atoms with van der Waals surface area (Å²) in [5.74, 6) is -0.0203. The molecular weight excluding hydrogens is 440 g/mol. The zero-order valence-electron chi connectivity index (χ0n) is 25.3. The van der Waals surface area contributed by atoms with Crippen LogP contribution < -0.4 is 0 Å². The molecule has 0 bridgehead atoms. The Morgan fingerprint density at radius 1 is 0.444 bits per heavy atom. The van der Waals surface area contributed by atoms with Crippen LogP contribution in [0.5, 0.6) is 0 Å². The monoisotopic (exact) mass is 509 g/mol. The van der Waals surface area contributed by atoms with Gasteiger partial charge in [0.1, 0.15) is 0 Å². The Hall–Kier alpha value is -0.530. The van der Waals surface area contributed by atoms with Crippen molar-refractivity contribution in [2.24, 2.45) is 11.8 Å². The molecule has 0 aromatic carbocycles. The molecule has 1 unspecified atom stereocenters. The molecule has 0 fully saturated rings. The SMILES string of the molecule is CCCCCCCCCCCCCCC(CC(CCCCCCCC)CCCCCCCC)C(=O)O. The van der Waals surface area contributed by atoms with Crippen molar-refractivity contribution < 1.29 is 9.90 Å². The van der Waals surface area contributed by atoms with E-state index in [1.165, 1.54) is 161 Å². The molecule has 0 aliphatic heterocycles. The third kappa shape index (κ3) is 25.1. The number of hydrogen-bond donors (Lipinski definition) is 1. The number of aliphatic carboxylic acids is 1. The van der Waals surface area contributed by atoms with Gasteiger partial charge in [-0.15, -0.1) is 0 Å². The Labute approximate surface area is 228 Å². The molecule has 0 aliphatic rings. The second-order valence-corrected chi connectivity index (χ2v) is 11.9. The van der Waals surface area contributed by atoms with Crippen molar-refractivity contribution in [1.29, 1.82) is 0 Å². The molecule has 0 radical (unpaired) electrons. The molecule has 0 aliphatic carbocycles. The van der Waals surface area contributed by atoms with E-state index in [2.05, 4.69) is 20.8 Å². The highest BCUT2D eigenvalue weighted by Gasteiger charge is 2.22. The average Bonchev–Trinajstić information content (AvgIpc) is 2.87. The van der Waals surface area contributed by atoms with Crippen molar-refractivity contribution in [3.05, 3.63) is 0 Å². The third-order valence-corrected chi connectivity index (χ3v) is 8.31. The normalized spacial score (nSPS) is 12.4. The van der Waals surface area contributed by atoms with E-state index in [9.17, 15) is 9.90 Å². The summed E-state index contributed by atoms with van der Waals surface area (Å²) in [6.45, 7) is 6.84. The summed E-state index contributed by atoms with van der Waals surface area (Å²) in [7, 11) is 0. The van der Waals surface area contributed by atoms with Crippen molar-refractivity contribution in [2.45, 2.75) is 201 Å². The summed E-state index contributed by atoms with van der Waals surface area (Å²) in [4.78, 5) is 12.1. The Bertz CT molecular complexity index is 417. The molecule has 0 heterocycles. The van der Waals surface area contributed by atoms with Crippen LogP contribution in [-0.4, -0.2) is 11.1 Å². The Morgan fingerprint density at radius 2 is 0.722 bits per heavy atom. The van der Waals surface area contributed by atoms with E-state index in [0.717, 1.165) is 19.3 Å². The number of rotatable bonds is 30. The van der Waals surface area contributed by atoms with Crippen LogP contribution in [0.25, 0.3) is 0 Å². The van der Waals surface area contributed by atoms with Crippen molar-refractivity contribution >= 4 is 5.97 Å². The minimum atomic E-state index is -0.533. The van der Waals surface area contributed by atoms with E-state index >= 15 is 0 Å². The first kappa shape index (κ1) is 35.5. The summed E-state index contributed by atoms with van der Waals surface area (Å²) in [5.41, 5.74) is 0. The molecule has 0 amide bonds. The second kappa shape index (κ2) is 29.0. The van der Waals surface area contributed by atoms with Gasteiger partial charge in [-0.1, -0.05) is 188 Å². The first-order valence-corrected chi connectivity index (χ1v) is 16.9. The van der Waals surface area contributed by atoms with Gasteiger partial charge in [0, 0.05) is 0 Å². The molecule has 0 rings (SSSR count). The highest BCUT2D eigenvalue weighted by atomic mass is 16.4. The van der Waals surface area contributed by atoms with E-state index in [4.69, 9.17) is 0 Å². The Balaban J connectivity index is 4.17. The van der Waals surface area contributed by atoms with Gasteiger partial charge < -0.3 is 5.11 Å². The molecule has 1 N–H and O–H groups in total. The molecular formula is C34H68O2. The maximum absolute atomic E-state index is 12.1. The average molecular weight is 509 g/mol. The highest BCUT2D eigenvalue weighted by molar-refractivity contribution is 5.69. The number of hydrogen-bond acceptors (Lipinski definition) is 1. The van der Waals surface area contributed by atoms with Crippen LogP contribution in [0, 0.1) is 11.8 Å². The predicted molar refractivity (Wildman–Crippen MR) is 161 cm³/mol. The van der Waals surface area contributed by atoms with Gasteiger partial charge in [-0.2, -0.15) is 0 Å². The fourth-order valence-electron chi connectivity index (χ4n) is 5.78. The van der Waals surface area contributed by atoms with Crippen molar-refractivity contribution in [3.63, 3.8) is 0 Å². The maximum atomic E-state index is 12.1. The van der Waals surface area contributed by atoms with E-state index in [0.29, 0.717) is 5.92 Å². The lowest BCUT2D eigenvalue weighted by molar-refractivity contribution is -0.142. The molecule has 0 saturated carbocycles. The molecule has 216 valence electrons. The lowest BCUT2D eigenvalue weighted by Crippen LogP contribution is -2.18. The molecule has 0 saturated heterocycles. The number of carboxylic acid groups (broad SMARTS) is 1. The van der Waals surface area contributed by atoms with Crippen molar-refractivity contribution in [1.82, 2.24) is 0 Å². The quantitative estimate of drug-likeness (QED) is 0.0979. The van der Waals surface area contributed by atoms with Crippen molar-refractivity contribution in [2.75, 3.05) is 0 Å². The van der Waals surface area contributed by atoms with Crippen molar-refractivity contribution in [3.8, 4) is 0 Å². The van der Waals surface area contributed by atoms with Crippen LogP contribution in [0.1, 0.15) is 201 Å². The molecule has 2 nitrogen and oxygen atoms in total. The molecule has 36 heavy (non-hydrogen) atoms. The molecule has 0 aromatic heterocycles. The molecule has 1 atom stereocenters. The fraction of sp³-hybridized carbons (Fsp3) is 0.971. The summed E-state index contributed by atoms with van der Waals surface area (Å²) >= 11 is 0. The highest BCUT2D eigenvalue weighted by Crippen LogP contribution is 2.28. The first-order valence-electron chi connectivity index (χ1n) is 16.9. The van der Waals surface area contributed by atoms with Gasteiger partial charge in [0.25, 0.3) is 0 Å². The smallest absolute Gasteiger partial charge is 0.306 e. The standard InChI is InChI=1S/C34H68O2/c1-4-7-10-13-16-17-18-19-20-21-24-27-30-33(34(35)36)31-32(28-25-22-14-11-8-5-2)29-26-23-15-12-9-6-3/h32-33H,4-31H2,1-3H3,(H,35,36). The summed E-state index contributed by atoms with van der Waals surface area (Å²) in [6, 6.07) is 0. The summed E-state index contributed by atoms with van der Waals surface area (Å²) < 4.78 is 0. The van der Waals surface area contributed by atoms with Crippen LogP contribution in [0.2, 0.25) is 0 Å². The maximum Gasteiger partial charge on any atom is 0.306 e. The molecule has 0 spiro atoms. The number of carboxylic acids is 1. The molecule has 2 heteroatoms. The second-order valence-electron chi connectivity index (χ2n) is 11.9. The molecule has 0 aromatic rings. The minimum absolute atomic E-state index is 0.113. The Morgan fingerprint density at radius 3 is 1.03 bits per heavy atom. The Kier molecular flexibility index (Phi) is 28.6. The zero-order chi connectivity index (χ0) is 26.5. The van der Waals surface area contributed by atoms with Gasteiger partial charge in [0.15, 0.2) is 0 Å². The van der Waals surface area contributed by atoms with E-state index < -0.39 is 5.97 Å². The largest absolute Gasteiger partial charge is 0.481 e. The van der Waals surface area contributed by atoms with Gasteiger partial charge in [0.2, 0.25) is 0 Å². The minimum Gasteiger partial charge on any atom is -0.481 e. The summed E-state index contributed by atoms with van der Waals surface area (Å²) in [5, 5.41) is 9.94. The zero-order valence-corrected chi connectivity index (χ0v) is 25.3.